The van der Waals surface area contributed by atoms with Gasteiger partial charge in [-0.15, -0.1) is 0 Å². The first-order valence-electron chi connectivity index (χ1n) is 13.0. The quantitative estimate of drug-likeness (QED) is 0.185. The molecule has 6 rings (SSSR count). The van der Waals surface area contributed by atoms with Crippen LogP contribution in [-0.2, 0) is 9.47 Å². The van der Waals surface area contributed by atoms with E-state index in [0.717, 1.165) is 12.8 Å². The summed E-state index contributed by atoms with van der Waals surface area (Å²) in [5, 5.41) is 42.6. The van der Waals surface area contributed by atoms with Crippen molar-refractivity contribution in [1.29, 1.82) is 0 Å². The molecule has 3 aromatic heterocycles. The third-order valence-corrected chi connectivity index (χ3v) is 7.61. The number of hydrogen-bond acceptors (Lipinski definition) is 11. The SMILES string of the molecule is CC(C)Nc1nc2cc(Cl)c(Cl)cc2n1[C@H]1O[C@@H](CO)[C@H](O)[C@@H]1O.O=c1[nH]cnc2c1ncn2[C@H]1CC[C@@H](CO)O1. The van der Waals surface area contributed by atoms with Gasteiger partial charge in [0.05, 0.1) is 53.1 Å². The highest BCUT2D eigenvalue weighted by molar-refractivity contribution is 6.42. The zero-order chi connectivity index (χ0) is 29.4. The third-order valence-electron chi connectivity index (χ3n) is 6.89. The topological polar surface area (TPSA) is 193 Å². The Morgan fingerprint density at radius 1 is 1.10 bits per heavy atom. The van der Waals surface area contributed by atoms with Crippen LogP contribution in [0.25, 0.3) is 22.2 Å². The second-order valence-corrected chi connectivity index (χ2v) is 10.9. The van der Waals surface area contributed by atoms with Gasteiger partial charge in [0.15, 0.2) is 17.4 Å². The molecule has 0 unspecified atom stereocenters. The van der Waals surface area contributed by atoms with Gasteiger partial charge in [-0.2, -0.15) is 0 Å². The number of aromatic nitrogens is 6. The van der Waals surface area contributed by atoms with Crippen LogP contribution >= 0.6 is 23.2 Å². The van der Waals surface area contributed by atoms with Crippen molar-refractivity contribution in [2.75, 3.05) is 18.5 Å². The molecule has 16 heteroatoms. The van der Waals surface area contributed by atoms with Crippen LogP contribution in [0.15, 0.2) is 29.6 Å². The van der Waals surface area contributed by atoms with E-state index in [1.54, 1.807) is 27.6 Å². The van der Waals surface area contributed by atoms with E-state index in [1.165, 1.54) is 6.33 Å². The molecule has 0 bridgehead atoms. The lowest BCUT2D eigenvalue weighted by Crippen LogP contribution is -2.33. The van der Waals surface area contributed by atoms with E-state index in [9.17, 15) is 20.1 Å². The van der Waals surface area contributed by atoms with E-state index < -0.39 is 31.1 Å². The number of anilines is 1. The lowest BCUT2D eigenvalue weighted by Gasteiger charge is -2.21. The van der Waals surface area contributed by atoms with Crippen molar-refractivity contribution in [2.45, 2.75) is 69.6 Å². The highest BCUT2D eigenvalue weighted by Crippen LogP contribution is 2.37. The predicted octanol–water partition coefficient (Wildman–Crippen LogP) is 1.56. The van der Waals surface area contributed by atoms with E-state index in [0.29, 0.717) is 38.2 Å². The number of aliphatic hydroxyl groups is 4. The molecular weight excluding hydrogens is 581 g/mol. The van der Waals surface area contributed by atoms with Crippen molar-refractivity contribution in [3.63, 3.8) is 0 Å². The van der Waals surface area contributed by atoms with E-state index >= 15 is 0 Å². The van der Waals surface area contributed by atoms with Gasteiger partial charge in [0.25, 0.3) is 5.56 Å². The molecule has 1 aromatic carbocycles. The lowest BCUT2D eigenvalue weighted by atomic mass is 10.1. The van der Waals surface area contributed by atoms with Crippen LogP contribution in [0.2, 0.25) is 10.0 Å². The van der Waals surface area contributed by atoms with E-state index in [2.05, 4.69) is 25.3 Å². The van der Waals surface area contributed by atoms with E-state index in [1.807, 2.05) is 13.8 Å². The molecule has 6 N–H and O–H groups in total. The summed E-state index contributed by atoms with van der Waals surface area (Å²) >= 11 is 12.2. The fourth-order valence-corrected chi connectivity index (χ4v) is 5.22. The lowest BCUT2D eigenvalue weighted by molar-refractivity contribution is -0.0499. The number of benzene rings is 1. The van der Waals surface area contributed by atoms with Gasteiger partial charge < -0.3 is 40.2 Å². The van der Waals surface area contributed by atoms with Gasteiger partial charge in [-0.05, 0) is 38.8 Å². The Labute approximate surface area is 243 Å². The molecule has 14 nitrogen and oxygen atoms in total. The predicted molar refractivity (Wildman–Crippen MR) is 150 cm³/mol. The van der Waals surface area contributed by atoms with Crippen molar-refractivity contribution in [1.82, 2.24) is 29.1 Å². The summed E-state index contributed by atoms with van der Waals surface area (Å²) in [6.45, 7) is 3.50. The van der Waals surface area contributed by atoms with Crippen molar-refractivity contribution in [3.05, 3.63) is 45.2 Å². The summed E-state index contributed by atoms with van der Waals surface area (Å²) in [4.78, 5) is 26.6. The first-order valence-corrected chi connectivity index (χ1v) is 13.8. The summed E-state index contributed by atoms with van der Waals surface area (Å²) in [5.74, 6) is 0.452. The molecule has 0 aliphatic carbocycles. The number of aromatic amines is 1. The maximum Gasteiger partial charge on any atom is 0.278 e. The standard InChI is InChI=1S/C15H19Cl2N3O4.C10H12N4O3/c1-6(2)18-15-19-9-3-7(16)8(17)4-10(9)20(15)14-13(23)12(22)11(5-21)24-14;15-3-6-1-2-7(17-6)14-5-13-8-9(14)11-4-12-10(8)16/h3-4,6,11-14,21-23H,5H2,1-2H3,(H,18,19);4-7,15H,1-3H2,(H,11,12,16)/t11-,12-,13-,14-;6-,7+/m00/s1. The molecule has 2 aliphatic rings. The summed E-state index contributed by atoms with van der Waals surface area (Å²) in [6.07, 6.45) is -0.0779. The van der Waals surface area contributed by atoms with E-state index in [-0.39, 0.29) is 30.5 Å². The molecular formula is C25H31Cl2N7O7. The smallest absolute Gasteiger partial charge is 0.278 e. The van der Waals surface area contributed by atoms with Crippen LogP contribution in [-0.4, -0.2) is 93.2 Å². The van der Waals surface area contributed by atoms with Gasteiger partial charge in [0.1, 0.15) is 24.5 Å². The third kappa shape index (κ3) is 5.79. The van der Waals surface area contributed by atoms with Crippen molar-refractivity contribution in [3.8, 4) is 0 Å². The summed E-state index contributed by atoms with van der Waals surface area (Å²) < 4.78 is 14.6. The number of fused-ring (bicyclic) bond motifs is 2. The van der Waals surface area contributed by atoms with Crippen LogP contribution in [0.1, 0.15) is 39.1 Å². The fraction of sp³-hybridized carbons (Fsp3) is 0.520. The number of aliphatic hydroxyl groups excluding tert-OH is 4. The highest BCUT2D eigenvalue weighted by atomic mass is 35.5. The molecule has 2 fully saturated rings. The Balaban J connectivity index is 0.000000174. The maximum absolute atomic E-state index is 11.5. The molecule has 0 amide bonds. The van der Waals surface area contributed by atoms with Gasteiger partial charge >= 0.3 is 0 Å². The zero-order valence-corrected chi connectivity index (χ0v) is 23.7. The minimum Gasteiger partial charge on any atom is -0.394 e. The molecule has 222 valence electrons. The van der Waals surface area contributed by atoms with Gasteiger partial charge in [0.2, 0.25) is 5.95 Å². The minimum atomic E-state index is -1.22. The van der Waals surface area contributed by atoms with Gasteiger partial charge in [-0.25, -0.2) is 15.0 Å². The van der Waals surface area contributed by atoms with Crippen LogP contribution in [0, 0.1) is 0 Å². The average Bonchev–Trinajstić information content (AvgIpc) is 3.71. The molecule has 41 heavy (non-hydrogen) atoms. The normalized spacial score (nSPS) is 26.2. The number of hydrogen-bond donors (Lipinski definition) is 6. The number of imidazole rings is 2. The van der Waals surface area contributed by atoms with Crippen molar-refractivity contribution in [2.24, 2.45) is 0 Å². The molecule has 6 atom stereocenters. The van der Waals surface area contributed by atoms with Gasteiger partial charge in [-0.1, -0.05) is 23.2 Å². The van der Waals surface area contributed by atoms with Crippen LogP contribution in [0.5, 0.6) is 0 Å². The number of H-pyrrole nitrogens is 1. The van der Waals surface area contributed by atoms with Gasteiger partial charge in [0, 0.05) is 6.04 Å². The first-order chi connectivity index (χ1) is 19.6. The zero-order valence-electron chi connectivity index (χ0n) is 22.2. The average molecular weight is 612 g/mol. The summed E-state index contributed by atoms with van der Waals surface area (Å²) in [5.41, 5.74) is 1.74. The van der Waals surface area contributed by atoms with Crippen LogP contribution in [0.4, 0.5) is 5.95 Å². The highest BCUT2D eigenvalue weighted by Gasteiger charge is 2.44. The monoisotopic (exact) mass is 611 g/mol. The Kier molecular flexibility index (Phi) is 8.82. The Morgan fingerprint density at radius 2 is 1.85 bits per heavy atom. The van der Waals surface area contributed by atoms with Gasteiger partial charge in [-0.3, -0.25) is 13.9 Å². The molecule has 5 heterocycles. The summed E-state index contributed by atoms with van der Waals surface area (Å²) in [6, 6.07) is 3.33. The van der Waals surface area contributed by atoms with Crippen molar-refractivity contribution < 1.29 is 29.9 Å². The van der Waals surface area contributed by atoms with E-state index in [4.69, 9.17) is 37.8 Å². The number of rotatable bonds is 6. The number of nitrogens with zero attached hydrogens (tertiary/aromatic N) is 5. The molecule has 4 aromatic rings. The van der Waals surface area contributed by atoms with Crippen molar-refractivity contribution >= 4 is 51.3 Å². The second-order valence-electron chi connectivity index (χ2n) is 10.1. The molecule has 0 radical (unpaired) electrons. The number of ether oxygens (including phenoxy) is 2. The molecule has 0 saturated carbocycles. The maximum atomic E-state index is 11.5. The largest absolute Gasteiger partial charge is 0.394 e. The molecule has 2 aliphatic heterocycles. The Bertz CT molecular complexity index is 1580. The Hall–Kier alpha value is -2.82. The van der Waals surface area contributed by atoms with Crippen LogP contribution in [0.3, 0.4) is 0 Å². The number of halogens is 2. The first kappa shape index (κ1) is 29.7. The minimum absolute atomic E-state index is 0.0111. The van der Waals surface area contributed by atoms with Crippen LogP contribution < -0.4 is 10.9 Å². The Morgan fingerprint density at radius 3 is 2.51 bits per heavy atom. The fourth-order valence-electron chi connectivity index (χ4n) is 4.90. The summed E-state index contributed by atoms with van der Waals surface area (Å²) in [7, 11) is 0. The molecule has 0 spiro atoms. The molecule has 2 saturated heterocycles. The number of nitrogens with one attached hydrogen (secondary N) is 2. The second kappa shape index (κ2) is 12.2.